The van der Waals surface area contributed by atoms with Gasteiger partial charge in [-0.1, -0.05) is 0 Å². The molecule has 0 saturated heterocycles. The third-order valence-corrected chi connectivity index (χ3v) is 2.23. The van der Waals surface area contributed by atoms with Crippen molar-refractivity contribution in [3.05, 3.63) is 28.2 Å². The smallest absolute Gasteiger partial charge is 0.250 e. The molecule has 1 amide bonds. The number of carbonyl (C=O) groups is 1. The number of nitrogens with one attached hydrogen (secondary N) is 1. The zero-order chi connectivity index (χ0) is 11.4. The lowest BCUT2D eigenvalue weighted by Gasteiger charge is -2.07. The Morgan fingerprint density at radius 2 is 2.27 bits per heavy atom. The first-order valence-electron chi connectivity index (χ1n) is 4.71. The Labute approximate surface area is 87.9 Å². The fourth-order valence-electron chi connectivity index (χ4n) is 1.21. The molecule has 1 aromatic heterocycles. The summed E-state index contributed by atoms with van der Waals surface area (Å²) in [7, 11) is 1.56. The van der Waals surface area contributed by atoms with Crippen LogP contribution in [0.25, 0.3) is 0 Å². The number of amides is 1. The van der Waals surface area contributed by atoms with Crippen molar-refractivity contribution in [3.63, 3.8) is 0 Å². The first-order chi connectivity index (χ1) is 7.04. The normalized spacial score (nSPS) is 10.0. The van der Waals surface area contributed by atoms with Crippen molar-refractivity contribution in [2.75, 3.05) is 12.8 Å². The van der Waals surface area contributed by atoms with Crippen LogP contribution in [0, 0.1) is 6.92 Å². The van der Waals surface area contributed by atoms with Gasteiger partial charge < -0.3 is 15.6 Å². The molecule has 0 bridgehead atoms. The van der Waals surface area contributed by atoms with Crippen LogP contribution in [0.5, 0.6) is 0 Å². The Balaban J connectivity index is 2.82. The first kappa shape index (κ1) is 11.3. The van der Waals surface area contributed by atoms with Crippen molar-refractivity contribution in [3.8, 4) is 0 Å². The van der Waals surface area contributed by atoms with E-state index in [2.05, 4.69) is 5.32 Å². The number of rotatable bonds is 3. The highest BCUT2D eigenvalue weighted by atomic mass is 16.1. The van der Waals surface area contributed by atoms with Gasteiger partial charge in [-0.2, -0.15) is 0 Å². The summed E-state index contributed by atoms with van der Waals surface area (Å²) in [6.07, 6.45) is 1.85. The zero-order valence-corrected chi connectivity index (χ0v) is 8.91. The Morgan fingerprint density at radius 1 is 1.60 bits per heavy atom. The molecule has 1 rings (SSSR count). The number of hydrogen-bond donors (Lipinski definition) is 2. The monoisotopic (exact) mass is 209 g/mol. The molecule has 0 saturated carbocycles. The maximum atomic E-state index is 11.5. The maximum Gasteiger partial charge on any atom is 0.250 e. The average Bonchev–Trinajstić information content (AvgIpc) is 2.21. The highest BCUT2D eigenvalue weighted by Crippen LogP contribution is 2.05. The van der Waals surface area contributed by atoms with Gasteiger partial charge in [0.15, 0.2) is 0 Å². The van der Waals surface area contributed by atoms with Gasteiger partial charge in [0.05, 0.1) is 5.69 Å². The van der Waals surface area contributed by atoms with E-state index < -0.39 is 0 Å². The number of pyridine rings is 1. The third-order valence-electron chi connectivity index (χ3n) is 2.23. The predicted octanol–water partition coefficient (Wildman–Crippen LogP) is -0.125. The van der Waals surface area contributed by atoms with E-state index in [4.69, 9.17) is 5.73 Å². The van der Waals surface area contributed by atoms with Crippen LogP contribution in [0.15, 0.2) is 17.1 Å². The van der Waals surface area contributed by atoms with Crippen molar-refractivity contribution in [2.24, 2.45) is 0 Å². The Bertz CT molecular complexity index is 423. The molecule has 3 N–H and O–H groups in total. The van der Waals surface area contributed by atoms with Gasteiger partial charge in [0, 0.05) is 32.3 Å². The van der Waals surface area contributed by atoms with Crippen molar-refractivity contribution < 1.29 is 4.79 Å². The zero-order valence-electron chi connectivity index (χ0n) is 8.91. The predicted molar refractivity (Wildman–Crippen MR) is 58.5 cm³/mol. The standard InChI is InChI=1S/C10H15N3O2/c1-7-5-10(15)13(6-8(7)11)4-3-9(14)12-2/h5-6H,3-4,11H2,1-2H3,(H,12,14). The number of hydrogen-bond acceptors (Lipinski definition) is 3. The molecule has 0 aliphatic heterocycles. The summed E-state index contributed by atoms with van der Waals surface area (Å²) in [5, 5.41) is 2.50. The summed E-state index contributed by atoms with van der Waals surface area (Å²) in [4.78, 5) is 22.5. The van der Waals surface area contributed by atoms with Crippen molar-refractivity contribution in [1.82, 2.24) is 9.88 Å². The molecule has 1 heterocycles. The van der Waals surface area contributed by atoms with Gasteiger partial charge in [-0.3, -0.25) is 9.59 Å². The lowest BCUT2D eigenvalue weighted by molar-refractivity contribution is -0.120. The lowest BCUT2D eigenvalue weighted by Crippen LogP contribution is -2.25. The second-order valence-electron chi connectivity index (χ2n) is 3.37. The van der Waals surface area contributed by atoms with Crippen LogP contribution < -0.4 is 16.6 Å². The van der Waals surface area contributed by atoms with Gasteiger partial charge in [0.1, 0.15) is 0 Å². The summed E-state index contributed by atoms with van der Waals surface area (Å²) >= 11 is 0. The lowest BCUT2D eigenvalue weighted by atomic mass is 10.2. The van der Waals surface area contributed by atoms with E-state index in [9.17, 15) is 9.59 Å². The second kappa shape index (κ2) is 4.63. The Hall–Kier alpha value is -1.78. The highest BCUT2D eigenvalue weighted by molar-refractivity contribution is 5.75. The number of carbonyl (C=O) groups excluding carboxylic acids is 1. The Kier molecular flexibility index (Phi) is 3.49. The molecule has 15 heavy (non-hydrogen) atoms. The first-order valence-corrected chi connectivity index (χ1v) is 4.71. The summed E-state index contributed by atoms with van der Waals surface area (Å²) in [5.41, 5.74) is 6.86. The Morgan fingerprint density at radius 3 is 2.87 bits per heavy atom. The van der Waals surface area contributed by atoms with E-state index in [1.54, 1.807) is 20.2 Å². The topological polar surface area (TPSA) is 77.1 Å². The molecule has 0 atom stereocenters. The van der Waals surface area contributed by atoms with Crippen molar-refractivity contribution in [1.29, 1.82) is 0 Å². The molecule has 82 valence electrons. The van der Waals surface area contributed by atoms with Gasteiger partial charge in [0.25, 0.3) is 5.56 Å². The molecule has 0 aromatic carbocycles. The third kappa shape index (κ3) is 2.83. The quantitative estimate of drug-likeness (QED) is 0.728. The van der Waals surface area contributed by atoms with Crippen LogP contribution in [0.4, 0.5) is 5.69 Å². The van der Waals surface area contributed by atoms with E-state index >= 15 is 0 Å². The minimum absolute atomic E-state index is 0.0963. The molecule has 0 aliphatic carbocycles. The van der Waals surface area contributed by atoms with Gasteiger partial charge in [-0.05, 0) is 12.5 Å². The van der Waals surface area contributed by atoms with Gasteiger partial charge in [-0.15, -0.1) is 0 Å². The van der Waals surface area contributed by atoms with Gasteiger partial charge >= 0.3 is 0 Å². The van der Waals surface area contributed by atoms with Crippen molar-refractivity contribution in [2.45, 2.75) is 19.9 Å². The molecular weight excluding hydrogens is 194 g/mol. The van der Waals surface area contributed by atoms with Crippen LogP contribution in [-0.2, 0) is 11.3 Å². The molecule has 5 heteroatoms. The molecule has 1 aromatic rings. The van der Waals surface area contributed by atoms with Crippen LogP contribution in [0.2, 0.25) is 0 Å². The summed E-state index contributed by atoms with van der Waals surface area (Å²) in [6, 6.07) is 1.47. The largest absolute Gasteiger partial charge is 0.397 e. The van der Waals surface area contributed by atoms with E-state index in [0.29, 0.717) is 12.2 Å². The fourth-order valence-corrected chi connectivity index (χ4v) is 1.21. The summed E-state index contributed by atoms with van der Waals surface area (Å²) in [5.74, 6) is -0.0963. The minimum Gasteiger partial charge on any atom is -0.397 e. The number of aromatic nitrogens is 1. The number of nitrogens with two attached hydrogens (primary N) is 1. The number of aryl methyl sites for hydroxylation is 2. The SMILES string of the molecule is CNC(=O)CCn1cc(N)c(C)cc1=O. The van der Waals surface area contributed by atoms with Crippen LogP contribution in [0.1, 0.15) is 12.0 Å². The summed E-state index contributed by atoms with van der Waals surface area (Å²) in [6.45, 7) is 2.13. The minimum atomic E-state index is -0.134. The van der Waals surface area contributed by atoms with Gasteiger partial charge in [0.2, 0.25) is 5.91 Å². The number of nitrogens with zero attached hydrogens (tertiary/aromatic N) is 1. The van der Waals surface area contributed by atoms with Crippen LogP contribution in [-0.4, -0.2) is 17.5 Å². The van der Waals surface area contributed by atoms with Crippen molar-refractivity contribution >= 4 is 11.6 Å². The molecule has 0 aliphatic rings. The molecule has 5 nitrogen and oxygen atoms in total. The molecule has 0 fully saturated rings. The number of anilines is 1. The average molecular weight is 209 g/mol. The van der Waals surface area contributed by atoms with Crippen LogP contribution in [0.3, 0.4) is 0 Å². The molecule has 0 unspecified atom stereocenters. The molecule has 0 spiro atoms. The van der Waals surface area contributed by atoms with E-state index in [1.165, 1.54) is 10.6 Å². The fraction of sp³-hybridized carbons (Fsp3) is 0.400. The number of nitrogen functional groups attached to an aromatic ring is 1. The summed E-state index contributed by atoms with van der Waals surface area (Å²) < 4.78 is 1.44. The van der Waals surface area contributed by atoms with Gasteiger partial charge in [-0.25, -0.2) is 0 Å². The van der Waals surface area contributed by atoms with Crippen LogP contribution >= 0.6 is 0 Å². The second-order valence-corrected chi connectivity index (χ2v) is 3.37. The van der Waals surface area contributed by atoms with E-state index in [1.807, 2.05) is 0 Å². The molecule has 0 radical (unpaired) electrons. The van der Waals surface area contributed by atoms with E-state index in [-0.39, 0.29) is 17.9 Å². The van der Waals surface area contributed by atoms with E-state index in [0.717, 1.165) is 5.56 Å². The maximum absolute atomic E-state index is 11.5. The molecular formula is C10H15N3O2. The highest BCUT2D eigenvalue weighted by Gasteiger charge is 2.03.